The smallest absolute Gasteiger partial charge is 0.275 e. The van der Waals surface area contributed by atoms with E-state index in [0.29, 0.717) is 29.7 Å². The van der Waals surface area contributed by atoms with Gasteiger partial charge in [0.15, 0.2) is 0 Å². The maximum Gasteiger partial charge on any atom is 0.275 e. The Hall–Kier alpha value is -1.02. The lowest BCUT2D eigenvalue weighted by molar-refractivity contribution is -0.385. The Labute approximate surface area is 126 Å². The Morgan fingerprint density at radius 2 is 2.40 bits per heavy atom. The van der Waals surface area contributed by atoms with Crippen LogP contribution in [-0.2, 0) is 11.3 Å². The lowest BCUT2D eigenvalue weighted by Gasteiger charge is -2.34. The van der Waals surface area contributed by atoms with Crippen LogP contribution in [0.3, 0.4) is 0 Å². The molecule has 0 amide bonds. The van der Waals surface area contributed by atoms with E-state index in [1.54, 1.807) is 12.1 Å². The number of ether oxygens (including phenoxy) is 1. The second kappa shape index (κ2) is 6.62. The summed E-state index contributed by atoms with van der Waals surface area (Å²) in [5.74, 6) is 0. The van der Waals surface area contributed by atoms with Crippen LogP contribution >= 0.6 is 15.9 Å². The van der Waals surface area contributed by atoms with Gasteiger partial charge in [-0.05, 0) is 19.1 Å². The number of nitro groups is 1. The Kier molecular flexibility index (Phi) is 5.09. The van der Waals surface area contributed by atoms with Crippen LogP contribution < -0.4 is 5.73 Å². The molecule has 1 aromatic rings. The van der Waals surface area contributed by atoms with Crippen molar-refractivity contribution in [2.24, 2.45) is 5.73 Å². The highest BCUT2D eigenvalue weighted by Gasteiger charge is 2.25. The lowest BCUT2D eigenvalue weighted by Crippen LogP contribution is -2.49. The fourth-order valence-corrected chi connectivity index (χ4v) is 2.62. The first-order valence-electron chi connectivity index (χ1n) is 6.49. The first-order chi connectivity index (χ1) is 9.47. The van der Waals surface area contributed by atoms with E-state index in [9.17, 15) is 10.1 Å². The highest BCUT2D eigenvalue weighted by molar-refractivity contribution is 9.10. The van der Waals surface area contributed by atoms with Gasteiger partial charge in [-0.2, -0.15) is 0 Å². The van der Waals surface area contributed by atoms with Crippen molar-refractivity contribution in [3.8, 4) is 0 Å². The first kappa shape index (κ1) is 15.4. The van der Waals surface area contributed by atoms with E-state index in [4.69, 9.17) is 10.5 Å². The number of nitrogens with zero attached hydrogens (tertiary/aromatic N) is 2. The van der Waals surface area contributed by atoms with Crippen molar-refractivity contribution < 1.29 is 9.66 Å². The van der Waals surface area contributed by atoms with E-state index in [1.807, 2.05) is 13.0 Å². The van der Waals surface area contributed by atoms with Gasteiger partial charge in [-0.1, -0.05) is 15.9 Å². The van der Waals surface area contributed by atoms with Crippen LogP contribution in [-0.4, -0.2) is 41.7 Å². The predicted octanol–water partition coefficient (Wildman–Crippen LogP) is 1.91. The Bertz CT molecular complexity index is 496. The zero-order valence-electron chi connectivity index (χ0n) is 11.3. The average molecular weight is 344 g/mol. The van der Waals surface area contributed by atoms with E-state index in [2.05, 4.69) is 20.8 Å². The molecule has 1 aliphatic heterocycles. The van der Waals surface area contributed by atoms with Crippen molar-refractivity contribution in [1.29, 1.82) is 0 Å². The van der Waals surface area contributed by atoms with Gasteiger partial charge in [-0.25, -0.2) is 0 Å². The summed E-state index contributed by atoms with van der Waals surface area (Å²) in [7, 11) is 0. The number of morpholine rings is 1. The van der Waals surface area contributed by atoms with Gasteiger partial charge in [-0.15, -0.1) is 0 Å². The summed E-state index contributed by atoms with van der Waals surface area (Å²) in [6.07, 6.45) is -0.0155. The van der Waals surface area contributed by atoms with Crippen molar-refractivity contribution in [3.05, 3.63) is 38.3 Å². The maximum atomic E-state index is 11.1. The SMILES string of the molecule is CC(N)C1CN(Cc2ccc(Br)cc2[N+](=O)[O-])CCO1. The summed E-state index contributed by atoms with van der Waals surface area (Å²) < 4.78 is 6.31. The van der Waals surface area contributed by atoms with Crippen molar-refractivity contribution in [2.75, 3.05) is 19.7 Å². The van der Waals surface area contributed by atoms with Crippen molar-refractivity contribution in [2.45, 2.75) is 25.6 Å². The molecule has 0 spiro atoms. The Morgan fingerprint density at radius 1 is 1.65 bits per heavy atom. The molecule has 1 saturated heterocycles. The number of benzene rings is 1. The summed E-state index contributed by atoms with van der Waals surface area (Å²) >= 11 is 3.26. The number of halogens is 1. The van der Waals surface area contributed by atoms with Gasteiger partial charge in [0.2, 0.25) is 0 Å². The minimum Gasteiger partial charge on any atom is -0.374 e. The van der Waals surface area contributed by atoms with Gasteiger partial charge in [0.25, 0.3) is 5.69 Å². The van der Waals surface area contributed by atoms with Gasteiger partial charge in [0, 0.05) is 41.8 Å². The molecule has 7 heteroatoms. The molecule has 0 saturated carbocycles. The van der Waals surface area contributed by atoms with Crippen LogP contribution in [0.15, 0.2) is 22.7 Å². The van der Waals surface area contributed by atoms with Gasteiger partial charge in [0.05, 0.1) is 17.6 Å². The molecule has 0 aliphatic carbocycles. The summed E-state index contributed by atoms with van der Waals surface area (Å²) in [6.45, 7) is 4.52. The number of hydrogen-bond donors (Lipinski definition) is 1. The number of hydrogen-bond acceptors (Lipinski definition) is 5. The Morgan fingerprint density at radius 3 is 3.05 bits per heavy atom. The molecule has 110 valence electrons. The molecule has 6 nitrogen and oxygen atoms in total. The molecule has 1 fully saturated rings. The van der Waals surface area contributed by atoms with E-state index in [0.717, 1.165) is 6.54 Å². The fraction of sp³-hybridized carbons (Fsp3) is 0.538. The molecule has 0 bridgehead atoms. The van der Waals surface area contributed by atoms with Crippen LogP contribution in [0, 0.1) is 10.1 Å². The van der Waals surface area contributed by atoms with Gasteiger partial charge < -0.3 is 10.5 Å². The summed E-state index contributed by atoms with van der Waals surface area (Å²) in [4.78, 5) is 12.9. The van der Waals surface area contributed by atoms with Gasteiger partial charge in [0.1, 0.15) is 0 Å². The van der Waals surface area contributed by atoms with Crippen molar-refractivity contribution >= 4 is 21.6 Å². The van der Waals surface area contributed by atoms with E-state index in [-0.39, 0.29) is 22.8 Å². The molecule has 1 aromatic carbocycles. The molecular weight excluding hydrogens is 326 g/mol. The largest absolute Gasteiger partial charge is 0.374 e. The predicted molar refractivity (Wildman–Crippen MR) is 79.5 cm³/mol. The molecule has 2 atom stereocenters. The van der Waals surface area contributed by atoms with Crippen LogP contribution in [0.2, 0.25) is 0 Å². The van der Waals surface area contributed by atoms with Crippen molar-refractivity contribution in [1.82, 2.24) is 4.90 Å². The highest BCUT2D eigenvalue weighted by atomic mass is 79.9. The summed E-state index contributed by atoms with van der Waals surface area (Å²) in [5.41, 5.74) is 6.71. The highest BCUT2D eigenvalue weighted by Crippen LogP contribution is 2.25. The van der Waals surface area contributed by atoms with E-state index in [1.165, 1.54) is 0 Å². The Balaban J connectivity index is 2.11. The zero-order chi connectivity index (χ0) is 14.7. The third-order valence-electron chi connectivity index (χ3n) is 3.40. The second-order valence-electron chi connectivity index (χ2n) is 5.03. The van der Waals surface area contributed by atoms with Gasteiger partial charge in [-0.3, -0.25) is 15.0 Å². The number of nitro benzene ring substituents is 1. The summed E-state index contributed by atoms with van der Waals surface area (Å²) in [6, 6.07) is 5.11. The van der Waals surface area contributed by atoms with Gasteiger partial charge >= 0.3 is 0 Å². The molecule has 20 heavy (non-hydrogen) atoms. The molecule has 1 aliphatic rings. The second-order valence-corrected chi connectivity index (χ2v) is 5.95. The first-order valence-corrected chi connectivity index (χ1v) is 7.29. The third kappa shape index (κ3) is 3.76. The molecule has 2 unspecified atom stereocenters. The maximum absolute atomic E-state index is 11.1. The standard InChI is InChI=1S/C13H18BrN3O3/c1-9(15)13-8-16(4-5-20-13)7-10-2-3-11(14)6-12(10)17(18)19/h2-3,6,9,13H,4-5,7-8,15H2,1H3. The number of rotatable bonds is 4. The topological polar surface area (TPSA) is 81.6 Å². The fourth-order valence-electron chi connectivity index (χ4n) is 2.27. The van der Waals surface area contributed by atoms with E-state index >= 15 is 0 Å². The monoisotopic (exact) mass is 343 g/mol. The zero-order valence-corrected chi connectivity index (χ0v) is 12.9. The molecule has 2 N–H and O–H groups in total. The van der Waals surface area contributed by atoms with Crippen LogP contribution in [0.4, 0.5) is 5.69 Å². The molecule has 2 rings (SSSR count). The van der Waals surface area contributed by atoms with Crippen LogP contribution in [0.25, 0.3) is 0 Å². The molecule has 0 radical (unpaired) electrons. The molecular formula is C13H18BrN3O3. The van der Waals surface area contributed by atoms with Crippen molar-refractivity contribution in [3.63, 3.8) is 0 Å². The lowest BCUT2D eigenvalue weighted by atomic mass is 10.1. The summed E-state index contributed by atoms with van der Waals surface area (Å²) in [5, 5.41) is 11.1. The minimum absolute atomic E-state index is 0.0155. The van der Waals surface area contributed by atoms with Crippen LogP contribution in [0.5, 0.6) is 0 Å². The quantitative estimate of drug-likeness (QED) is 0.666. The average Bonchev–Trinajstić information content (AvgIpc) is 2.41. The van der Waals surface area contributed by atoms with E-state index < -0.39 is 0 Å². The van der Waals surface area contributed by atoms with Crippen LogP contribution in [0.1, 0.15) is 12.5 Å². The minimum atomic E-state index is -0.344. The molecule has 0 aromatic heterocycles. The third-order valence-corrected chi connectivity index (χ3v) is 3.90. The normalized spacial score (nSPS) is 21.6. The molecule has 1 heterocycles. The number of nitrogens with two attached hydrogens (primary N) is 1.